The average Bonchev–Trinajstić information content (AvgIpc) is 3.75. The van der Waals surface area contributed by atoms with E-state index >= 15 is 0 Å². The maximum atomic E-state index is 4.62. The molecule has 0 aliphatic carbocycles. The number of fused-ring (bicyclic) bond motifs is 1. The van der Waals surface area contributed by atoms with E-state index in [0.29, 0.717) is 12.1 Å². The SMILES string of the molecule is c1cc2cc(-c3cnc([C@@H]4CCCN4)[nH]3)ccc2cc1-c1ccc(-c2cnc([C@@H]3CCCN3)[nH]2)nn1. The molecule has 0 amide bonds. The second-order valence-electron chi connectivity index (χ2n) is 9.74. The van der Waals surface area contributed by atoms with Crippen molar-refractivity contribution in [3.63, 3.8) is 0 Å². The topological polar surface area (TPSA) is 107 Å². The molecule has 0 spiro atoms. The summed E-state index contributed by atoms with van der Waals surface area (Å²) in [6, 6.07) is 17.6. The monoisotopic (exact) mass is 476 g/mol. The quantitative estimate of drug-likeness (QED) is 0.287. The van der Waals surface area contributed by atoms with Crippen molar-refractivity contribution in [2.24, 2.45) is 0 Å². The third-order valence-corrected chi connectivity index (χ3v) is 7.36. The summed E-state index contributed by atoms with van der Waals surface area (Å²) in [6.07, 6.45) is 8.42. The molecule has 2 saturated heterocycles. The van der Waals surface area contributed by atoms with Gasteiger partial charge in [-0.05, 0) is 73.8 Å². The summed E-state index contributed by atoms with van der Waals surface area (Å²) in [5, 5.41) is 18.3. The predicted molar refractivity (Wildman–Crippen MR) is 140 cm³/mol. The van der Waals surface area contributed by atoms with Crippen molar-refractivity contribution in [2.45, 2.75) is 37.8 Å². The molecule has 36 heavy (non-hydrogen) atoms. The van der Waals surface area contributed by atoms with E-state index in [1.54, 1.807) is 0 Å². The highest BCUT2D eigenvalue weighted by Crippen LogP contribution is 2.29. The Hall–Kier alpha value is -3.88. The van der Waals surface area contributed by atoms with Gasteiger partial charge in [0.1, 0.15) is 17.3 Å². The summed E-state index contributed by atoms with van der Waals surface area (Å²) in [5.41, 5.74) is 5.79. The molecule has 5 aromatic rings. The van der Waals surface area contributed by atoms with Crippen LogP contribution >= 0.6 is 0 Å². The maximum absolute atomic E-state index is 4.62. The predicted octanol–water partition coefficient (Wildman–Crippen LogP) is 4.93. The fourth-order valence-corrected chi connectivity index (χ4v) is 5.34. The number of rotatable bonds is 5. The van der Waals surface area contributed by atoms with E-state index in [1.165, 1.54) is 23.6 Å². The molecule has 0 unspecified atom stereocenters. The number of nitrogens with one attached hydrogen (secondary N) is 4. The standard InChI is InChI=1S/C28H28N8/c1-3-23(29-11-1)27-31-15-25(33-27)20-8-6-17-13-19(7-5-18(17)14-20)21-9-10-22(36-35-21)26-16-32-28(34-26)24-4-2-12-30-24/h5-10,13-16,23-24,29-30H,1-4,11-12H2,(H,31,33)(H,32,34)/t23-,24-/m0/s1. The van der Waals surface area contributed by atoms with Crippen molar-refractivity contribution in [3.05, 3.63) is 72.6 Å². The van der Waals surface area contributed by atoms with E-state index in [1.807, 2.05) is 24.5 Å². The molecule has 8 heteroatoms. The van der Waals surface area contributed by atoms with Crippen LogP contribution in [0.15, 0.2) is 60.9 Å². The molecule has 5 heterocycles. The molecular weight excluding hydrogens is 448 g/mol. The molecule has 2 atom stereocenters. The van der Waals surface area contributed by atoms with Crippen LogP contribution in [0.1, 0.15) is 49.4 Å². The molecule has 4 N–H and O–H groups in total. The first-order chi connectivity index (χ1) is 17.8. The molecule has 0 bridgehead atoms. The molecule has 2 fully saturated rings. The number of hydrogen-bond acceptors (Lipinski definition) is 6. The molecule has 8 nitrogen and oxygen atoms in total. The first kappa shape index (κ1) is 21.4. The summed E-state index contributed by atoms with van der Waals surface area (Å²) < 4.78 is 0. The Morgan fingerprint density at radius 3 is 1.83 bits per heavy atom. The van der Waals surface area contributed by atoms with E-state index < -0.39 is 0 Å². The van der Waals surface area contributed by atoms with Gasteiger partial charge in [-0.3, -0.25) is 0 Å². The van der Waals surface area contributed by atoms with Crippen molar-refractivity contribution in [1.82, 2.24) is 40.8 Å². The summed E-state index contributed by atoms with van der Waals surface area (Å²) in [5.74, 6) is 2.00. The van der Waals surface area contributed by atoms with E-state index in [-0.39, 0.29) is 0 Å². The normalized spacial score (nSPS) is 19.9. The van der Waals surface area contributed by atoms with Crippen LogP contribution in [0.2, 0.25) is 0 Å². The third-order valence-electron chi connectivity index (χ3n) is 7.36. The number of aromatic amines is 2. The van der Waals surface area contributed by atoms with Crippen LogP contribution in [0.4, 0.5) is 0 Å². The van der Waals surface area contributed by atoms with Crippen LogP contribution < -0.4 is 10.6 Å². The zero-order valence-corrected chi connectivity index (χ0v) is 20.0. The molecule has 2 aliphatic rings. The van der Waals surface area contributed by atoms with Gasteiger partial charge in [-0.1, -0.05) is 24.3 Å². The van der Waals surface area contributed by atoms with Crippen LogP contribution in [0.5, 0.6) is 0 Å². The van der Waals surface area contributed by atoms with E-state index in [9.17, 15) is 0 Å². The van der Waals surface area contributed by atoms with Gasteiger partial charge in [0.15, 0.2) is 0 Å². The summed E-state index contributed by atoms with van der Waals surface area (Å²) in [4.78, 5) is 16.1. The molecule has 180 valence electrons. The lowest BCUT2D eigenvalue weighted by Crippen LogP contribution is -2.14. The van der Waals surface area contributed by atoms with Gasteiger partial charge in [0, 0.05) is 11.1 Å². The highest BCUT2D eigenvalue weighted by Gasteiger charge is 2.20. The molecule has 2 aliphatic heterocycles. The van der Waals surface area contributed by atoms with E-state index in [4.69, 9.17) is 0 Å². The van der Waals surface area contributed by atoms with Gasteiger partial charge in [-0.25, -0.2) is 9.97 Å². The average molecular weight is 477 g/mol. The van der Waals surface area contributed by atoms with Crippen LogP contribution in [-0.2, 0) is 0 Å². The molecule has 0 radical (unpaired) electrons. The first-order valence-corrected chi connectivity index (χ1v) is 12.8. The molecule has 7 rings (SSSR count). The van der Waals surface area contributed by atoms with Crippen LogP contribution in [0.3, 0.4) is 0 Å². The number of nitrogens with zero attached hydrogens (tertiary/aromatic N) is 4. The summed E-state index contributed by atoms with van der Waals surface area (Å²) >= 11 is 0. The zero-order valence-electron chi connectivity index (χ0n) is 20.0. The Morgan fingerprint density at radius 2 is 1.19 bits per heavy atom. The minimum atomic E-state index is 0.309. The molecule has 0 saturated carbocycles. The first-order valence-electron chi connectivity index (χ1n) is 12.8. The second kappa shape index (κ2) is 8.96. The fourth-order valence-electron chi connectivity index (χ4n) is 5.34. The van der Waals surface area contributed by atoms with Crippen LogP contribution in [-0.4, -0.2) is 43.2 Å². The number of H-pyrrole nitrogens is 2. The van der Waals surface area contributed by atoms with E-state index in [0.717, 1.165) is 71.5 Å². The number of aromatic nitrogens is 6. The molecular formula is C28H28N8. The highest BCUT2D eigenvalue weighted by molar-refractivity contribution is 5.90. The maximum Gasteiger partial charge on any atom is 0.123 e. The lowest BCUT2D eigenvalue weighted by Gasteiger charge is -2.07. The van der Waals surface area contributed by atoms with Gasteiger partial charge in [-0.2, -0.15) is 0 Å². The Balaban J connectivity index is 1.11. The Labute approximate surface area is 209 Å². The van der Waals surface area contributed by atoms with Gasteiger partial charge in [-0.15, -0.1) is 10.2 Å². The largest absolute Gasteiger partial charge is 0.341 e. The van der Waals surface area contributed by atoms with Crippen molar-refractivity contribution >= 4 is 10.8 Å². The number of hydrogen-bond donors (Lipinski definition) is 4. The Morgan fingerprint density at radius 1 is 0.611 bits per heavy atom. The Bertz CT molecular complexity index is 1500. The van der Waals surface area contributed by atoms with Gasteiger partial charge >= 0.3 is 0 Å². The minimum Gasteiger partial charge on any atom is -0.341 e. The summed E-state index contributed by atoms with van der Waals surface area (Å²) in [6.45, 7) is 2.11. The van der Waals surface area contributed by atoms with Crippen LogP contribution in [0, 0.1) is 0 Å². The lowest BCUT2D eigenvalue weighted by molar-refractivity contribution is 0.613. The zero-order chi connectivity index (χ0) is 23.9. The highest BCUT2D eigenvalue weighted by atomic mass is 15.1. The van der Waals surface area contributed by atoms with Crippen molar-refractivity contribution in [1.29, 1.82) is 0 Å². The van der Waals surface area contributed by atoms with Crippen molar-refractivity contribution in [3.8, 4) is 33.9 Å². The second-order valence-corrected chi connectivity index (χ2v) is 9.74. The molecule has 3 aromatic heterocycles. The number of imidazole rings is 2. The van der Waals surface area contributed by atoms with Gasteiger partial charge in [0.05, 0.1) is 41.6 Å². The minimum absolute atomic E-state index is 0.309. The van der Waals surface area contributed by atoms with Gasteiger partial charge in [0.2, 0.25) is 0 Å². The van der Waals surface area contributed by atoms with Crippen molar-refractivity contribution in [2.75, 3.05) is 13.1 Å². The summed E-state index contributed by atoms with van der Waals surface area (Å²) in [7, 11) is 0. The van der Waals surface area contributed by atoms with E-state index in [2.05, 4.69) is 77.2 Å². The third kappa shape index (κ3) is 3.98. The lowest BCUT2D eigenvalue weighted by atomic mass is 10.0. The Kier molecular flexibility index (Phi) is 5.33. The van der Waals surface area contributed by atoms with Crippen LogP contribution in [0.25, 0.3) is 44.7 Å². The fraction of sp³-hybridized carbons (Fsp3) is 0.286. The van der Waals surface area contributed by atoms with Crippen molar-refractivity contribution < 1.29 is 0 Å². The molecule has 2 aromatic carbocycles. The van der Waals surface area contributed by atoms with Gasteiger partial charge in [0.25, 0.3) is 0 Å². The smallest absolute Gasteiger partial charge is 0.123 e. The number of benzene rings is 2. The van der Waals surface area contributed by atoms with Gasteiger partial charge < -0.3 is 20.6 Å².